The van der Waals surface area contributed by atoms with E-state index in [0.717, 1.165) is 6.42 Å². The van der Waals surface area contributed by atoms with E-state index in [1.54, 1.807) is 54.6 Å². The van der Waals surface area contributed by atoms with E-state index >= 15 is 0 Å². The van der Waals surface area contributed by atoms with Gasteiger partial charge in [0.2, 0.25) is 0 Å². The van der Waals surface area contributed by atoms with Crippen molar-refractivity contribution in [1.82, 2.24) is 4.90 Å². The van der Waals surface area contributed by atoms with Crippen molar-refractivity contribution < 1.29 is 23.6 Å². The average Bonchev–Trinajstić information content (AvgIpc) is 3.57. The van der Waals surface area contributed by atoms with Crippen molar-refractivity contribution in [3.63, 3.8) is 0 Å². The number of benzene rings is 3. The van der Waals surface area contributed by atoms with Crippen LogP contribution in [0, 0.1) is 15.9 Å². The largest absolute Gasteiger partial charge is 0.493 e. The van der Waals surface area contributed by atoms with Crippen LogP contribution in [0.2, 0.25) is 5.02 Å². The van der Waals surface area contributed by atoms with Crippen molar-refractivity contribution in [3.8, 4) is 11.5 Å². The lowest BCUT2D eigenvalue weighted by Crippen LogP contribution is -2.55. The molecule has 1 N–H and O–H groups in total. The maximum absolute atomic E-state index is 14.1. The van der Waals surface area contributed by atoms with E-state index in [1.807, 2.05) is 4.90 Å². The molecule has 3 aromatic rings. The van der Waals surface area contributed by atoms with E-state index in [2.05, 4.69) is 5.32 Å². The predicted octanol–water partition coefficient (Wildman–Crippen LogP) is 5.12. The first-order chi connectivity index (χ1) is 18.4. The summed E-state index contributed by atoms with van der Waals surface area (Å²) in [6.45, 7) is 0.501. The number of halogens is 2. The number of carbonyl (C=O) groups excluding carboxylic acids is 1. The number of nitrogens with zero attached hydrogens (tertiary/aromatic N) is 2. The molecule has 10 heteroatoms. The first-order valence-corrected chi connectivity index (χ1v) is 12.8. The van der Waals surface area contributed by atoms with Crippen LogP contribution in [-0.4, -0.2) is 41.5 Å². The van der Waals surface area contributed by atoms with Gasteiger partial charge in [-0.15, -0.1) is 0 Å². The Morgan fingerprint density at radius 1 is 1.21 bits per heavy atom. The van der Waals surface area contributed by atoms with Gasteiger partial charge in [-0.1, -0.05) is 48.0 Å². The normalized spacial score (nSPS) is 25.8. The monoisotopic (exact) mass is 537 g/mol. The fraction of sp³-hybridized carbons (Fsp3) is 0.321. The highest BCUT2D eigenvalue weighted by molar-refractivity contribution is 6.32. The lowest BCUT2D eigenvalue weighted by atomic mass is 9.77. The first-order valence-electron chi connectivity index (χ1n) is 12.4. The molecular formula is C28H25ClFN3O5. The molecule has 6 rings (SSSR count). The molecular weight excluding hydrogens is 513 g/mol. The van der Waals surface area contributed by atoms with Crippen LogP contribution in [-0.2, 0) is 16.9 Å². The second-order valence-electron chi connectivity index (χ2n) is 9.84. The molecule has 8 nitrogen and oxygen atoms in total. The maximum Gasteiger partial charge on any atom is 0.256 e. The molecule has 1 amide bonds. The van der Waals surface area contributed by atoms with Crippen molar-refractivity contribution in [1.29, 1.82) is 0 Å². The predicted molar refractivity (Wildman–Crippen MR) is 139 cm³/mol. The highest BCUT2D eigenvalue weighted by Gasteiger charge is 2.73. The van der Waals surface area contributed by atoms with Gasteiger partial charge in [0, 0.05) is 34.3 Å². The van der Waals surface area contributed by atoms with Gasteiger partial charge >= 0.3 is 0 Å². The molecule has 38 heavy (non-hydrogen) atoms. The molecule has 3 aliphatic heterocycles. The minimum absolute atomic E-state index is 0.0699. The molecule has 0 aliphatic carbocycles. The Kier molecular flexibility index (Phi) is 6.00. The number of ether oxygens (including phenoxy) is 2. The fourth-order valence-corrected chi connectivity index (χ4v) is 6.89. The summed E-state index contributed by atoms with van der Waals surface area (Å²) in [5.74, 6) is -0.902. The van der Waals surface area contributed by atoms with Gasteiger partial charge in [-0.3, -0.25) is 19.8 Å². The van der Waals surface area contributed by atoms with Gasteiger partial charge in [0.25, 0.3) is 11.9 Å². The van der Waals surface area contributed by atoms with E-state index in [0.29, 0.717) is 35.3 Å². The minimum atomic E-state index is -1.42. The van der Waals surface area contributed by atoms with Crippen molar-refractivity contribution >= 4 is 23.2 Å². The van der Waals surface area contributed by atoms with Crippen LogP contribution < -0.4 is 14.8 Å². The average molecular weight is 538 g/mol. The molecule has 4 atom stereocenters. The number of methoxy groups -OCH3 is 1. The molecule has 3 aliphatic rings. The SMILES string of the molecule is COc1cc([C@H]2[C@H]([N+](=O)[O-])[C@@]3(C(=O)Nc4ccccc43)N3CCC[C@@H]23)cc(Cl)c1OCc1ccccc1F. The molecule has 3 heterocycles. The third-order valence-electron chi connectivity index (χ3n) is 8.06. The van der Waals surface area contributed by atoms with Crippen molar-refractivity contribution in [2.24, 2.45) is 0 Å². The van der Waals surface area contributed by atoms with Crippen molar-refractivity contribution in [2.45, 2.75) is 43.0 Å². The minimum Gasteiger partial charge on any atom is -0.493 e. The van der Waals surface area contributed by atoms with E-state index in [-0.39, 0.29) is 40.0 Å². The van der Waals surface area contributed by atoms with E-state index in [9.17, 15) is 19.3 Å². The third-order valence-corrected chi connectivity index (χ3v) is 8.34. The first kappa shape index (κ1) is 24.6. The van der Waals surface area contributed by atoms with Crippen LogP contribution in [0.4, 0.5) is 10.1 Å². The van der Waals surface area contributed by atoms with Crippen LogP contribution in [0.3, 0.4) is 0 Å². The second kappa shape index (κ2) is 9.25. The van der Waals surface area contributed by atoms with E-state index in [1.165, 1.54) is 13.2 Å². The Balaban J connectivity index is 1.44. The number of carbonyl (C=O) groups is 1. The second-order valence-corrected chi connectivity index (χ2v) is 10.2. The van der Waals surface area contributed by atoms with Crippen molar-refractivity contribution in [3.05, 3.63) is 98.3 Å². The molecule has 0 aromatic heterocycles. The smallest absolute Gasteiger partial charge is 0.256 e. The topological polar surface area (TPSA) is 93.9 Å². The molecule has 3 aromatic carbocycles. The summed E-state index contributed by atoms with van der Waals surface area (Å²) in [7, 11) is 1.45. The molecule has 0 saturated carbocycles. The van der Waals surface area contributed by atoms with Gasteiger partial charge in [-0.25, -0.2) is 4.39 Å². The number of para-hydroxylation sites is 1. The number of nitrogens with one attached hydrogen (secondary N) is 1. The number of rotatable bonds is 6. The molecule has 0 radical (unpaired) electrons. The van der Waals surface area contributed by atoms with Gasteiger partial charge in [0.05, 0.1) is 18.1 Å². The van der Waals surface area contributed by atoms with Gasteiger partial charge in [0.15, 0.2) is 17.0 Å². The summed E-state index contributed by atoms with van der Waals surface area (Å²) in [5.41, 5.74) is 0.754. The molecule has 2 saturated heterocycles. The summed E-state index contributed by atoms with van der Waals surface area (Å²) in [4.78, 5) is 28.1. The van der Waals surface area contributed by atoms with Crippen LogP contribution in [0.1, 0.15) is 35.4 Å². The molecule has 1 spiro atoms. The van der Waals surface area contributed by atoms with Crippen molar-refractivity contribution in [2.75, 3.05) is 19.0 Å². The summed E-state index contributed by atoms with van der Waals surface area (Å²) in [5, 5.41) is 15.9. The number of hydrogen-bond donors (Lipinski definition) is 1. The zero-order chi connectivity index (χ0) is 26.6. The van der Waals surface area contributed by atoms with Gasteiger partial charge < -0.3 is 14.8 Å². The quantitative estimate of drug-likeness (QED) is 0.346. The standard InChI is InChI=1S/C28H25ClFN3O5/c1-37-23-14-17(13-19(29)25(23)38-15-16-7-2-4-9-20(16)30)24-22-11-6-12-32(22)28(26(24)33(35)36)18-8-3-5-10-21(18)31-27(28)34/h2-5,7-10,13-14,22,24,26H,6,11-12,15H2,1H3,(H,31,34)/t22-,24+,26-,28-/m0/s1. The molecule has 0 unspecified atom stereocenters. The highest BCUT2D eigenvalue weighted by Crippen LogP contribution is 2.58. The summed E-state index contributed by atoms with van der Waals surface area (Å²) in [6.07, 6.45) is 1.52. The van der Waals surface area contributed by atoms with E-state index < -0.39 is 23.3 Å². The van der Waals surface area contributed by atoms with Gasteiger partial charge in [-0.2, -0.15) is 0 Å². The van der Waals surface area contributed by atoms with Crippen LogP contribution in [0.15, 0.2) is 60.7 Å². The summed E-state index contributed by atoms with van der Waals surface area (Å²) in [6, 6.07) is 15.3. The number of hydrogen-bond acceptors (Lipinski definition) is 6. The number of anilines is 1. The Labute approximate surface area is 223 Å². The fourth-order valence-electron chi connectivity index (χ4n) is 6.61. The van der Waals surface area contributed by atoms with Crippen LogP contribution in [0.25, 0.3) is 0 Å². The molecule has 196 valence electrons. The Morgan fingerprint density at radius 3 is 2.74 bits per heavy atom. The highest BCUT2D eigenvalue weighted by atomic mass is 35.5. The van der Waals surface area contributed by atoms with Crippen LogP contribution >= 0.6 is 11.6 Å². The lowest BCUT2D eigenvalue weighted by molar-refractivity contribution is -0.534. The number of nitro groups is 1. The number of amides is 1. The Bertz CT molecular complexity index is 1450. The van der Waals surface area contributed by atoms with Crippen LogP contribution in [0.5, 0.6) is 11.5 Å². The summed E-state index contributed by atoms with van der Waals surface area (Å²) >= 11 is 6.67. The summed E-state index contributed by atoms with van der Waals surface area (Å²) < 4.78 is 25.6. The lowest BCUT2D eigenvalue weighted by Gasteiger charge is -2.32. The van der Waals surface area contributed by atoms with Gasteiger partial charge in [0.1, 0.15) is 12.4 Å². The third kappa shape index (κ3) is 3.49. The molecule has 0 bridgehead atoms. The zero-order valence-corrected chi connectivity index (χ0v) is 21.3. The number of fused-ring (bicyclic) bond motifs is 4. The maximum atomic E-state index is 14.1. The molecule has 2 fully saturated rings. The van der Waals surface area contributed by atoms with Gasteiger partial charge in [-0.05, 0) is 42.7 Å². The Hall–Kier alpha value is -3.69. The zero-order valence-electron chi connectivity index (χ0n) is 20.5. The van der Waals surface area contributed by atoms with E-state index in [4.69, 9.17) is 21.1 Å². The Morgan fingerprint density at radius 2 is 1.97 bits per heavy atom.